The van der Waals surface area contributed by atoms with Crippen LogP contribution in [0.15, 0.2) is 0 Å². The van der Waals surface area contributed by atoms with Crippen LogP contribution in [0.4, 0.5) is 0 Å². The van der Waals surface area contributed by atoms with E-state index >= 15 is 0 Å². The first-order valence-corrected chi connectivity index (χ1v) is 5.25. The zero-order valence-electron chi connectivity index (χ0n) is 9.18. The highest BCUT2D eigenvalue weighted by Crippen LogP contribution is 2.29. The molecule has 0 aliphatic carbocycles. The minimum atomic E-state index is -0.292. The minimum Gasteiger partial charge on any atom is -0.369 e. The van der Waals surface area contributed by atoms with E-state index < -0.39 is 0 Å². The van der Waals surface area contributed by atoms with E-state index in [1.165, 1.54) is 0 Å². The topological polar surface area (TPSA) is 58.4 Å². The Labute approximate surface area is 85.8 Å². The summed E-state index contributed by atoms with van der Waals surface area (Å²) in [4.78, 5) is 13.5. The van der Waals surface area contributed by atoms with Crippen molar-refractivity contribution >= 4 is 5.91 Å². The summed E-state index contributed by atoms with van der Waals surface area (Å²) >= 11 is 0. The first kappa shape index (κ1) is 11.5. The molecule has 0 spiro atoms. The molecule has 1 fully saturated rings. The fraction of sp³-hybridized carbons (Fsp3) is 0.900. The van der Waals surface area contributed by atoms with Crippen LogP contribution in [0.25, 0.3) is 0 Å². The first-order valence-electron chi connectivity index (χ1n) is 5.25. The summed E-state index contributed by atoms with van der Waals surface area (Å²) in [6.45, 7) is 5.89. The van der Waals surface area contributed by atoms with Crippen molar-refractivity contribution in [3.63, 3.8) is 0 Å². The predicted molar refractivity (Wildman–Crippen MR) is 56.9 cm³/mol. The molecule has 3 N–H and O–H groups in total. The standard InChI is InChI=1S/C10H21N3O/c1-10(9(11)14)4-7-13(8-10)6-3-5-12-2/h12H,3-8H2,1-2H3,(H2,11,14). The summed E-state index contributed by atoms with van der Waals surface area (Å²) in [5.41, 5.74) is 5.08. The van der Waals surface area contributed by atoms with Crippen LogP contribution >= 0.6 is 0 Å². The van der Waals surface area contributed by atoms with Gasteiger partial charge in [-0.1, -0.05) is 0 Å². The molecule has 1 atom stereocenters. The van der Waals surface area contributed by atoms with Gasteiger partial charge in [0, 0.05) is 6.54 Å². The number of nitrogens with zero attached hydrogens (tertiary/aromatic N) is 1. The second kappa shape index (κ2) is 4.75. The molecule has 1 unspecified atom stereocenters. The average Bonchev–Trinajstić information content (AvgIpc) is 2.50. The highest BCUT2D eigenvalue weighted by atomic mass is 16.1. The maximum Gasteiger partial charge on any atom is 0.224 e. The van der Waals surface area contributed by atoms with E-state index in [9.17, 15) is 4.79 Å². The maximum absolute atomic E-state index is 11.2. The van der Waals surface area contributed by atoms with Crippen LogP contribution in [-0.2, 0) is 4.79 Å². The number of rotatable bonds is 5. The lowest BCUT2D eigenvalue weighted by Gasteiger charge is -2.20. The van der Waals surface area contributed by atoms with Crippen LogP contribution in [0.1, 0.15) is 19.8 Å². The van der Waals surface area contributed by atoms with Crippen molar-refractivity contribution in [2.75, 3.05) is 33.2 Å². The third kappa shape index (κ3) is 2.69. The Morgan fingerprint density at radius 2 is 2.36 bits per heavy atom. The third-order valence-electron chi connectivity index (χ3n) is 3.05. The van der Waals surface area contributed by atoms with E-state index in [1.54, 1.807) is 0 Å². The molecule has 4 heteroatoms. The minimum absolute atomic E-state index is 0.159. The molecule has 14 heavy (non-hydrogen) atoms. The molecular weight excluding hydrogens is 178 g/mol. The van der Waals surface area contributed by atoms with Gasteiger partial charge in [0.1, 0.15) is 0 Å². The molecule has 4 nitrogen and oxygen atoms in total. The van der Waals surface area contributed by atoms with Crippen LogP contribution in [0.2, 0.25) is 0 Å². The molecule has 1 amide bonds. The Balaban J connectivity index is 2.30. The number of hydrogen-bond donors (Lipinski definition) is 2. The van der Waals surface area contributed by atoms with Crippen molar-refractivity contribution in [2.45, 2.75) is 19.8 Å². The highest BCUT2D eigenvalue weighted by molar-refractivity contribution is 5.81. The van der Waals surface area contributed by atoms with Gasteiger partial charge in [0.2, 0.25) is 5.91 Å². The zero-order chi connectivity index (χ0) is 10.6. The summed E-state index contributed by atoms with van der Waals surface area (Å²) in [6, 6.07) is 0. The van der Waals surface area contributed by atoms with Crippen LogP contribution in [0.3, 0.4) is 0 Å². The van der Waals surface area contributed by atoms with Gasteiger partial charge in [-0.15, -0.1) is 0 Å². The van der Waals surface area contributed by atoms with E-state index in [0.29, 0.717) is 0 Å². The van der Waals surface area contributed by atoms with Gasteiger partial charge in [0.05, 0.1) is 5.41 Å². The van der Waals surface area contributed by atoms with E-state index in [1.807, 2.05) is 14.0 Å². The highest BCUT2D eigenvalue weighted by Gasteiger charge is 2.38. The van der Waals surface area contributed by atoms with Gasteiger partial charge >= 0.3 is 0 Å². The average molecular weight is 199 g/mol. The molecule has 82 valence electrons. The molecule has 0 bridgehead atoms. The fourth-order valence-corrected chi connectivity index (χ4v) is 1.93. The Hall–Kier alpha value is -0.610. The van der Waals surface area contributed by atoms with Crippen molar-refractivity contribution < 1.29 is 4.79 Å². The number of likely N-dealkylation sites (tertiary alicyclic amines) is 1. The Morgan fingerprint density at radius 1 is 1.64 bits per heavy atom. The summed E-state index contributed by atoms with van der Waals surface area (Å²) in [5.74, 6) is -0.159. The second-order valence-electron chi connectivity index (χ2n) is 4.41. The molecule has 0 radical (unpaired) electrons. The van der Waals surface area contributed by atoms with Gasteiger partial charge in [0.15, 0.2) is 0 Å². The van der Waals surface area contributed by atoms with Crippen LogP contribution in [0.5, 0.6) is 0 Å². The van der Waals surface area contributed by atoms with Crippen LogP contribution < -0.4 is 11.1 Å². The number of nitrogens with two attached hydrogens (primary N) is 1. The van der Waals surface area contributed by atoms with Gasteiger partial charge < -0.3 is 16.0 Å². The van der Waals surface area contributed by atoms with Gasteiger partial charge in [-0.25, -0.2) is 0 Å². The van der Waals surface area contributed by atoms with Gasteiger partial charge in [-0.05, 0) is 46.4 Å². The molecule has 1 aliphatic heterocycles. The van der Waals surface area contributed by atoms with Crippen molar-refractivity contribution in [1.82, 2.24) is 10.2 Å². The largest absolute Gasteiger partial charge is 0.369 e. The lowest BCUT2D eigenvalue weighted by Crippen LogP contribution is -2.37. The molecule has 0 aromatic heterocycles. The summed E-state index contributed by atoms with van der Waals surface area (Å²) in [6.07, 6.45) is 2.03. The maximum atomic E-state index is 11.2. The molecular formula is C10H21N3O. The number of hydrogen-bond acceptors (Lipinski definition) is 3. The molecule has 1 heterocycles. The third-order valence-corrected chi connectivity index (χ3v) is 3.05. The van der Waals surface area contributed by atoms with Crippen molar-refractivity contribution in [3.8, 4) is 0 Å². The quantitative estimate of drug-likeness (QED) is 0.603. The predicted octanol–water partition coefficient (Wildman–Crippen LogP) is -0.207. The zero-order valence-corrected chi connectivity index (χ0v) is 9.18. The molecule has 1 saturated heterocycles. The van der Waals surface area contributed by atoms with Gasteiger partial charge in [-0.3, -0.25) is 4.79 Å². The number of carbonyl (C=O) groups is 1. The summed E-state index contributed by atoms with van der Waals surface area (Å²) < 4.78 is 0. The monoisotopic (exact) mass is 199 g/mol. The van der Waals surface area contributed by atoms with Crippen molar-refractivity contribution in [2.24, 2.45) is 11.1 Å². The smallest absolute Gasteiger partial charge is 0.224 e. The van der Waals surface area contributed by atoms with Crippen LogP contribution in [0, 0.1) is 5.41 Å². The molecule has 1 rings (SSSR count). The Kier molecular flexibility index (Phi) is 3.89. The van der Waals surface area contributed by atoms with Crippen molar-refractivity contribution in [1.29, 1.82) is 0 Å². The summed E-state index contributed by atoms with van der Waals surface area (Å²) in [7, 11) is 1.96. The SMILES string of the molecule is CNCCCN1CCC(C)(C(N)=O)C1. The molecule has 1 aliphatic rings. The first-order chi connectivity index (χ1) is 6.58. The lowest BCUT2D eigenvalue weighted by molar-refractivity contribution is -0.126. The second-order valence-corrected chi connectivity index (χ2v) is 4.41. The van der Waals surface area contributed by atoms with E-state index in [-0.39, 0.29) is 11.3 Å². The number of primary amides is 1. The van der Waals surface area contributed by atoms with Crippen molar-refractivity contribution in [3.05, 3.63) is 0 Å². The van der Waals surface area contributed by atoms with Gasteiger partial charge in [-0.2, -0.15) is 0 Å². The molecule has 0 aromatic carbocycles. The Morgan fingerprint density at radius 3 is 2.86 bits per heavy atom. The van der Waals surface area contributed by atoms with E-state index in [4.69, 9.17) is 5.73 Å². The van der Waals surface area contributed by atoms with E-state index in [2.05, 4.69) is 10.2 Å². The number of amides is 1. The van der Waals surface area contributed by atoms with E-state index in [0.717, 1.165) is 39.0 Å². The number of nitrogens with one attached hydrogen (secondary N) is 1. The molecule has 0 aromatic rings. The Bertz CT molecular complexity index is 208. The lowest BCUT2D eigenvalue weighted by atomic mass is 9.89. The molecule has 0 saturated carbocycles. The fourth-order valence-electron chi connectivity index (χ4n) is 1.93. The number of carbonyl (C=O) groups excluding carboxylic acids is 1. The summed E-state index contributed by atoms with van der Waals surface area (Å²) in [5, 5.41) is 3.12. The van der Waals surface area contributed by atoms with Crippen LogP contribution in [-0.4, -0.2) is 44.0 Å². The normalized spacial score (nSPS) is 28.1. The van der Waals surface area contributed by atoms with Gasteiger partial charge in [0.25, 0.3) is 0 Å².